The first-order valence-electron chi connectivity index (χ1n) is 9.23. The Kier molecular flexibility index (Phi) is 5.30. The SMILES string of the molecule is COc1cccc(C[C@@]2(C(=O)NCCCC(N)=O)C[C@H]3CC[C@H]2C3)c1. The molecule has 2 fully saturated rings. The molecule has 1 aromatic rings. The highest BCUT2D eigenvalue weighted by atomic mass is 16.5. The largest absolute Gasteiger partial charge is 0.497 e. The molecule has 5 heteroatoms. The smallest absolute Gasteiger partial charge is 0.226 e. The van der Waals surface area contributed by atoms with Crippen molar-refractivity contribution in [1.29, 1.82) is 0 Å². The summed E-state index contributed by atoms with van der Waals surface area (Å²) in [5.74, 6) is 1.79. The molecular weight excluding hydrogens is 316 g/mol. The van der Waals surface area contributed by atoms with E-state index in [0.29, 0.717) is 31.2 Å². The third kappa shape index (κ3) is 3.80. The van der Waals surface area contributed by atoms with E-state index in [1.807, 2.05) is 18.2 Å². The van der Waals surface area contributed by atoms with Gasteiger partial charge in [0, 0.05) is 13.0 Å². The number of carbonyl (C=O) groups is 2. The number of amides is 2. The molecule has 25 heavy (non-hydrogen) atoms. The molecule has 3 atom stereocenters. The van der Waals surface area contributed by atoms with Crippen molar-refractivity contribution in [2.75, 3.05) is 13.7 Å². The third-order valence-corrected chi connectivity index (χ3v) is 5.97. The highest BCUT2D eigenvalue weighted by molar-refractivity contribution is 5.84. The van der Waals surface area contributed by atoms with Crippen LogP contribution in [0.3, 0.4) is 0 Å². The summed E-state index contributed by atoms with van der Waals surface area (Å²) in [6.07, 6.45) is 6.20. The van der Waals surface area contributed by atoms with E-state index < -0.39 is 0 Å². The minimum absolute atomic E-state index is 0.145. The normalized spacial score (nSPS) is 27.2. The van der Waals surface area contributed by atoms with Crippen molar-refractivity contribution in [1.82, 2.24) is 5.32 Å². The van der Waals surface area contributed by atoms with Crippen LogP contribution in [0.5, 0.6) is 5.75 Å². The molecule has 2 amide bonds. The summed E-state index contributed by atoms with van der Waals surface area (Å²) in [7, 11) is 1.66. The molecule has 2 aliphatic carbocycles. The summed E-state index contributed by atoms with van der Waals surface area (Å²) < 4.78 is 5.33. The van der Waals surface area contributed by atoms with E-state index in [1.54, 1.807) is 7.11 Å². The van der Waals surface area contributed by atoms with Crippen LogP contribution in [0, 0.1) is 17.3 Å². The topological polar surface area (TPSA) is 81.4 Å². The lowest BCUT2D eigenvalue weighted by molar-refractivity contribution is -0.134. The molecule has 3 N–H and O–H groups in total. The molecule has 0 spiro atoms. The van der Waals surface area contributed by atoms with Gasteiger partial charge in [-0.2, -0.15) is 0 Å². The zero-order valence-corrected chi connectivity index (χ0v) is 14.9. The van der Waals surface area contributed by atoms with E-state index in [4.69, 9.17) is 10.5 Å². The number of hydrogen-bond acceptors (Lipinski definition) is 3. The standard InChI is InChI=1S/C20H28N2O3/c1-25-17-5-2-4-14(11-17)12-20(13-15-7-8-16(20)10-15)19(24)22-9-3-6-18(21)23/h2,4-5,11,15-16H,3,6-10,12-13H2,1H3,(H2,21,23)(H,22,24)/t15-,16-,20+/m0/s1. The zero-order chi connectivity index (χ0) is 17.9. The van der Waals surface area contributed by atoms with Crippen molar-refractivity contribution >= 4 is 11.8 Å². The van der Waals surface area contributed by atoms with E-state index in [1.165, 1.54) is 12.8 Å². The molecule has 2 saturated carbocycles. The molecule has 0 radical (unpaired) electrons. The number of nitrogens with one attached hydrogen (secondary N) is 1. The van der Waals surface area contributed by atoms with Crippen LogP contribution < -0.4 is 15.8 Å². The number of primary amides is 1. The van der Waals surface area contributed by atoms with Crippen molar-refractivity contribution in [3.05, 3.63) is 29.8 Å². The van der Waals surface area contributed by atoms with Gasteiger partial charge in [0.15, 0.2) is 0 Å². The number of ether oxygens (including phenoxy) is 1. The second kappa shape index (κ2) is 7.46. The minimum atomic E-state index is -0.319. The van der Waals surface area contributed by atoms with Gasteiger partial charge in [-0.3, -0.25) is 9.59 Å². The fourth-order valence-corrected chi connectivity index (χ4v) is 4.81. The molecule has 1 aromatic carbocycles. The van der Waals surface area contributed by atoms with Crippen LogP contribution >= 0.6 is 0 Å². The van der Waals surface area contributed by atoms with E-state index in [9.17, 15) is 9.59 Å². The van der Waals surface area contributed by atoms with E-state index in [2.05, 4.69) is 11.4 Å². The average molecular weight is 344 g/mol. The van der Waals surface area contributed by atoms with Crippen LogP contribution in [0.15, 0.2) is 24.3 Å². The van der Waals surface area contributed by atoms with Gasteiger partial charge in [-0.25, -0.2) is 0 Å². The number of hydrogen-bond donors (Lipinski definition) is 2. The Hall–Kier alpha value is -2.04. The molecule has 0 unspecified atom stereocenters. The fraction of sp³-hybridized carbons (Fsp3) is 0.600. The Labute approximate surface area is 149 Å². The summed E-state index contributed by atoms with van der Waals surface area (Å²) in [6.45, 7) is 0.513. The first kappa shape index (κ1) is 17.8. The maximum Gasteiger partial charge on any atom is 0.226 e. The van der Waals surface area contributed by atoms with Gasteiger partial charge in [0.25, 0.3) is 0 Å². The lowest BCUT2D eigenvalue weighted by Crippen LogP contribution is -2.46. The van der Waals surface area contributed by atoms with Gasteiger partial charge in [-0.05, 0) is 61.6 Å². The molecule has 0 aromatic heterocycles. The summed E-state index contributed by atoms with van der Waals surface area (Å²) in [5.41, 5.74) is 6.01. The van der Waals surface area contributed by atoms with Crippen molar-refractivity contribution in [3.8, 4) is 5.75 Å². The van der Waals surface area contributed by atoms with Gasteiger partial charge in [-0.1, -0.05) is 18.6 Å². The van der Waals surface area contributed by atoms with Crippen LogP contribution in [-0.2, 0) is 16.0 Å². The first-order chi connectivity index (χ1) is 12.0. The van der Waals surface area contributed by atoms with E-state index >= 15 is 0 Å². The third-order valence-electron chi connectivity index (χ3n) is 5.97. The summed E-state index contributed by atoms with van der Waals surface area (Å²) in [6, 6.07) is 8.03. The van der Waals surface area contributed by atoms with Crippen LogP contribution in [-0.4, -0.2) is 25.5 Å². The number of fused-ring (bicyclic) bond motifs is 2. The van der Waals surface area contributed by atoms with Crippen molar-refractivity contribution in [2.24, 2.45) is 23.0 Å². The molecular formula is C20H28N2O3. The molecule has 0 heterocycles. The second-order valence-electron chi connectivity index (χ2n) is 7.59. The monoisotopic (exact) mass is 344 g/mol. The van der Waals surface area contributed by atoms with Crippen LogP contribution in [0.25, 0.3) is 0 Å². The Morgan fingerprint density at radius 1 is 1.36 bits per heavy atom. The predicted molar refractivity (Wildman–Crippen MR) is 96.0 cm³/mol. The van der Waals surface area contributed by atoms with Gasteiger partial charge in [-0.15, -0.1) is 0 Å². The average Bonchev–Trinajstić information content (AvgIpc) is 3.20. The van der Waals surface area contributed by atoms with Gasteiger partial charge >= 0.3 is 0 Å². The maximum absolute atomic E-state index is 13.1. The highest BCUT2D eigenvalue weighted by Gasteiger charge is 2.55. The van der Waals surface area contributed by atoms with Crippen LogP contribution in [0.2, 0.25) is 0 Å². The van der Waals surface area contributed by atoms with Crippen LogP contribution in [0.1, 0.15) is 44.1 Å². The summed E-state index contributed by atoms with van der Waals surface area (Å²) in [5, 5.41) is 3.08. The summed E-state index contributed by atoms with van der Waals surface area (Å²) >= 11 is 0. The van der Waals surface area contributed by atoms with Gasteiger partial charge in [0.1, 0.15) is 5.75 Å². The second-order valence-corrected chi connectivity index (χ2v) is 7.59. The molecule has 0 saturated heterocycles. The molecule has 136 valence electrons. The van der Waals surface area contributed by atoms with Crippen molar-refractivity contribution in [2.45, 2.75) is 44.9 Å². The molecule has 0 aliphatic heterocycles. The number of rotatable bonds is 8. The number of nitrogens with two attached hydrogens (primary N) is 1. The molecule has 2 aliphatic rings. The molecule has 5 nitrogen and oxygen atoms in total. The van der Waals surface area contributed by atoms with Crippen molar-refractivity contribution in [3.63, 3.8) is 0 Å². The Morgan fingerprint density at radius 2 is 2.20 bits per heavy atom. The summed E-state index contributed by atoms with van der Waals surface area (Å²) in [4.78, 5) is 24.0. The zero-order valence-electron chi connectivity index (χ0n) is 14.9. The quantitative estimate of drug-likeness (QED) is 0.711. The van der Waals surface area contributed by atoms with E-state index in [0.717, 1.165) is 30.6 Å². The molecule has 3 rings (SSSR count). The predicted octanol–water partition coefficient (Wildman–Crippen LogP) is 2.43. The highest BCUT2D eigenvalue weighted by Crippen LogP contribution is 2.57. The van der Waals surface area contributed by atoms with Gasteiger partial charge < -0.3 is 15.8 Å². The maximum atomic E-state index is 13.1. The van der Waals surface area contributed by atoms with Crippen LogP contribution in [0.4, 0.5) is 0 Å². The first-order valence-corrected chi connectivity index (χ1v) is 9.23. The van der Waals surface area contributed by atoms with Crippen molar-refractivity contribution < 1.29 is 14.3 Å². The van der Waals surface area contributed by atoms with Gasteiger partial charge in [0.05, 0.1) is 12.5 Å². The van der Waals surface area contributed by atoms with Gasteiger partial charge in [0.2, 0.25) is 11.8 Å². The number of methoxy groups -OCH3 is 1. The number of carbonyl (C=O) groups excluding carboxylic acids is 2. The Bertz CT molecular complexity index is 646. The lowest BCUT2D eigenvalue weighted by Gasteiger charge is -2.36. The fourth-order valence-electron chi connectivity index (χ4n) is 4.81. The Morgan fingerprint density at radius 3 is 2.84 bits per heavy atom. The lowest BCUT2D eigenvalue weighted by atomic mass is 9.68. The minimum Gasteiger partial charge on any atom is -0.497 e. The molecule has 2 bridgehead atoms. The van der Waals surface area contributed by atoms with E-state index in [-0.39, 0.29) is 17.2 Å². The number of benzene rings is 1. The Balaban J connectivity index is 1.72.